The van der Waals surface area contributed by atoms with Gasteiger partial charge in [0.25, 0.3) is 0 Å². The number of rotatable bonds is 8. The number of aliphatic carboxylic acids is 1. The number of allylic oxidation sites excluding steroid dienone is 2. The van der Waals surface area contributed by atoms with Crippen molar-refractivity contribution in [2.24, 2.45) is 45.8 Å². The second-order valence-electron chi connectivity index (χ2n) is 13.3. The van der Waals surface area contributed by atoms with Crippen LogP contribution in [0.25, 0.3) is 0 Å². The SMILES string of the molecule is C=C(C)[C@@H]1CC[C@]2(C)[C@H](CC[C@@H]3[C@@H]([C@](C)(O)C/C=C/C(C)C)CC[C@]32C)[C@@]1(C)CCC(=O)O. The molecule has 0 unspecified atom stereocenters. The number of carboxylic acids is 1. The first-order valence-electron chi connectivity index (χ1n) is 13.5. The lowest BCUT2D eigenvalue weighted by Crippen LogP contribution is -2.60. The Labute approximate surface area is 203 Å². The Kier molecular flexibility index (Phi) is 7.37. The van der Waals surface area contributed by atoms with Crippen molar-refractivity contribution in [2.45, 2.75) is 112 Å². The number of carboxylic acid groups (broad SMARTS) is 1. The molecule has 0 amide bonds. The first kappa shape index (κ1) is 26.5. The van der Waals surface area contributed by atoms with Crippen molar-refractivity contribution in [3.05, 3.63) is 24.3 Å². The van der Waals surface area contributed by atoms with Crippen LogP contribution in [-0.2, 0) is 4.79 Å². The second-order valence-corrected chi connectivity index (χ2v) is 13.3. The van der Waals surface area contributed by atoms with E-state index in [2.05, 4.69) is 67.2 Å². The third-order valence-electron chi connectivity index (χ3n) is 11.0. The monoisotopic (exact) mass is 458 g/mol. The van der Waals surface area contributed by atoms with E-state index in [1.807, 2.05) is 0 Å². The minimum absolute atomic E-state index is 0.0220. The molecule has 0 bridgehead atoms. The zero-order valence-corrected chi connectivity index (χ0v) is 22.4. The van der Waals surface area contributed by atoms with Crippen LogP contribution in [0.15, 0.2) is 24.3 Å². The fourth-order valence-electron chi connectivity index (χ4n) is 9.12. The molecule has 0 saturated heterocycles. The molecule has 0 aromatic carbocycles. The highest BCUT2D eigenvalue weighted by Gasteiger charge is 2.67. The lowest BCUT2D eigenvalue weighted by atomic mass is 9.38. The molecule has 3 fully saturated rings. The van der Waals surface area contributed by atoms with E-state index in [0.29, 0.717) is 29.6 Å². The number of hydrogen-bond acceptors (Lipinski definition) is 2. The van der Waals surface area contributed by atoms with Gasteiger partial charge < -0.3 is 10.2 Å². The summed E-state index contributed by atoms with van der Waals surface area (Å²) in [6.07, 6.45) is 13.0. The van der Waals surface area contributed by atoms with Gasteiger partial charge in [-0.1, -0.05) is 58.9 Å². The molecule has 0 aromatic heterocycles. The molecular formula is C30H50O3. The van der Waals surface area contributed by atoms with E-state index in [4.69, 9.17) is 0 Å². The molecule has 3 nitrogen and oxygen atoms in total. The maximum absolute atomic E-state index is 11.6. The summed E-state index contributed by atoms with van der Waals surface area (Å²) >= 11 is 0. The molecular weight excluding hydrogens is 408 g/mol. The topological polar surface area (TPSA) is 57.5 Å². The van der Waals surface area contributed by atoms with Crippen molar-refractivity contribution >= 4 is 5.97 Å². The second kappa shape index (κ2) is 9.17. The molecule has 3 saturated carbocycles. The van der Waals surface area contributed by atoms with Crippen LogP contribution in [0.5, 0.6) is 0 Å². The van der Waals surface area contributed by atoms with Crippen LogP contribution in [0.4, 0.5) is 0 Å². The number of aliphatic hydroxyl groups is 1. The number of fused-ring (bicyclic) bond motifs is 3. The molecule has 3 aliphatic rings. The number of carbonyl (C=O) groups is 1. The van der Waals surface area contributed by atoms with Crippen molar-refractivity contribution in [1.82, 2.24) is 0 Å². The quantitative estimate of drug-likeness (QED) is 0.367. The summed E-state index contributed by atoms with van der Waals surface area (Å²) in [6, 6.07) is 0. The Hall–Kier alpha value is -1.09. The maximum Gasteiger partial charge on any atom is 0.303 e. The molecule has 0 radical (unpaired) electrons. The van der Waals surface area contributed by atoms with Crippen LogP contribution >= 0.6 is 0 Å². The Bertz CT molecular complexity index is 779. The highest BCUT2D eigenvalue weighted by atomic mass is 16.4. The normalized spacial score (nSPS) is 42.7. The first-order valence-corrected chi connectivity index (χ1v) is 13.5. The average Bonchev–Trinajstić information content (AvgIpc) is 3.05. The van der Waals surface area contributed by atoms with Crippen molar-refractivity contribution in [2.75, 3.05) is 0 Å². The highest BCUT2D eigenvalue weighted by molar-refractivity contribution is 5.66. The smallest absolute Gasteiger partial charge is 0.303 e. The van der Waals surface area contributed by atoms with E-state index < -0.39 is 11.6 Å². The van der Waals surface area contributed by atoms with Gasteiger partial charge in [-0.15, -0.1) is 0 Å². The Morgan fingerprint density at radius 1 is 1.12 bits per heavy atom. The fourth-order valence-corrected chi connectivity index (χ4v) is 9.12. The van der Waals surface area contributed by atoms with Crippen LogP contribution in [0.1, 0.15) is 106 Å². The summed E-state index contributed by atoms with van der Waals surface area (Å²) in [7, 11) is 0. The molecule has 3 heteroatoms. The van der Waals surface area contributed by atoms with Crippen molar-refractivity contribution < 1.29 is 15.0 Å². The Morgan fingerprint density at radius 3 is 2.33 bits per heavy atom. The Balaban J connectivity index is 1.92. The summed E-state index contributed by atoms with van der Waals surface area (Å²) in [6.45, 7) is 20.3. The summed E-state index contributed by atoms with van der Waals surface area (Å²) in [5.74, 6) is 1.60. The van der Waals surface area contributed by atoms with Crippen LogP contribution < -0.4 is 0 Å². The van der Waals surface area contributed by atoms with Crippen LogP contribution in [0, 0.1) is 45.8 Å². The standard InChI is InChI=1S/C30H50O3/c1-20(2)10-9-16-30(8,33)24-14-18-28(6)23(24)11-12-25-27(5,17-15-26(31)32)22(21(3)4)13-19-29(25,28)7/h9-10,20,22-25,33H,3,11-19H2,1-2,4-8H3,(H,31,32)/b10-9+/t22-,23+,24-,25+,27-,28+,29+,30+/m0/s1. The molecule has 188 valence electrons. The number of hydrogen-bond donors (Lipinski definition) is 2. The predicted molar refractivity (Wildman–Crippen MR) is 137 cm³/mol. The summed E-state index contributed by atoms with van der Waals surface area (Å²) < 4.78 is 0. The molecule has 3 aliphatic carbocycles. The van der Waals surface area contributed by atoms with Crippen LogP contribution in [0.3, 0.4) is 0 Å². The third kappa shape index (κ3) is 4.48. The van der Waals surface area contributed by atoms with E-state index in [-0.39, 0.29) is 22.7 Å². The lowest BCUT2D eigenvalue weighted by molar-refractivity contribution is -0.178. The summed E-state index contributed by atoms with van der Waals surface area (Å²) in [4.78, 5) is 11.6. The average molecular weight is 459 g/mol. The molecule has 0 heterocycles. The van der Waals surface area contributed by atoms with E-state index in [1.165, 1.54) is 18.4 Å². The fraction of sp³-hybridized carbons (Fsp3) is 0.833. The highest BCUT2D eigenvalue weighted by Crippen LogP contribution is 2.74. The van der Waals surface area contributed by atoms with Gasteiger partial charge in [0.1, 0.15) is 0 Å². The minimum Gasteiger partial charge on any atom is -0.481 e. The van der Waals surface area contributed by atoms with E-state index in [1.54, 1.807) is 0 Å². The van der Waals surface area contributed by atoms with Gasteiger partial charge in [0.2, 0.25) is 0 Å². The predicted octanol–water partition coefficient (Wildman–Crippen LogP) is 7.65. The van der Waals surface area contributed by atoms with E-state index in [9.17, 15) is 15.0 Å². The van der Waals surface area contributed by atoms with Gasteiger partial charge in [0.15, 0.2) is 0 Å². The van der Waals surface area contributed by atoms with Gasteiger partial charge in [0, 0.05) is 6.42 Å². The summed E-state index contributed by atoms with van der Waals surface area (Å²) in [5, 5.41) is 21.1. The molecule has 0 spiro atoms. The zero-order valence-electron chi connectivity index (χ0n) is 22.4. The van der Waals surface area contributed by atoms with Crippen molar-refractivity contribution in [1.29, 1.82) is 0 Å². The molecule has 0 aliphatic heterocycles. The van der Waals surface area contributed by atoms with Crippen LogP contribution in [0.2, 0.25) is 0 Å². The summed E-state index contributed by atoms with van der Waals surface area (Å²) in [5.41, 5.74) is 0.899. The first-order chi connectivity index (χ1) is 15.2. The maximum atomic E-state index is 11.6. The van der Waals surface area contributed by atoms with Gasteiger partial charge in [-0.25, -0.2) is 0 Å². The Morgan fingerprint density at radius 2 is 1.76 bits per heavy atom. The van der Waals surface area contributed by atoms with Gasteiger partial charge in [-0.2, -0.15) is 0 Å². The van der Waals surface area contributed by atoms with E-state index in [0.717, 1.165) is 38.5 Å². The van der Waals surface area contributed by atoms with Gasteiger partial charge in [-0.3, -0.25) is 4.79 Å². The van der Waals surface area contributed by atoms with Crippen molar-refractivity contribution in [3.8, 4) is 0 Å². The molecule has 33 heavy (non-hydrogen) atoms. The molecule has 0 aromatic rings. The van der Waals surface area contributed by atoms with Gasteiger partial charge in [-0.05, 0) is 111 Å². The molecule has 8 atom stereocenters. The van der Waals surface area contributed by atoms with Gasteiger partial charge in [0.05, 0.1) is 5.60 Å². The largest absolute Gasteiger partial charge is 0.481 e. The lowest BCUT2D eigenvalue weighted by Gasteiger charge is -2.66. The molecule has 3 rings (SSSR count). The van der Waals surface area contributed by atoms with E-state index >= 15 is 0 Å². The van der Waals surface area contributed by atoms with Crippen molar-refractivity contribution in [3.63, 3.8) is 0 Å². The zero-order chi connectivity index (χ0) is 24.8. The molecule has 2 N–H and O–H groups in total. The minimum atomic E-state index is -0.685. The van der Waals surface area contributed by atoms with Gasteiger partial charge >= 0.3 is 5.97 Å². The van der Waals surface area contributed by atoms with Crippen LogP contribution in [-0.4, -0.2) is 21.8 Å². The third-order valence-corrected chi connectivity index (χ3v) is 11.0.